The summed E-state index contributed by atoms with van der Waals surface area (Å²) >= 11 is 0. The second-order valence-corrected chi connectivity index (χ2v) is 11.6. The van der Waals surface area contributed by atoms with Gasteiger partial charge in [-0.2, -0.15) is 0 Å². The molecule has 12 unspecified atom stereocenters. The maximum Gasteiger partial charge on any atom is 0.317 e. The molecule has 6 heteroatoms. The predicted octanol–water partition coefficient (Wildman–Crippen LogP) is 2.20. The number of fused-ring (bicyclic) bond motifs is 3. The molecular weight excluding hydrogens is 384 g/mol. The molecule has 11 aliphatic rings. The minimum atomic E-state index is -0.272. The number of carbonyl (C=O) groups excluding carboxylic acids is 4. The minimum Gasteiger partial charge on any atom is -0.393 e. The quantitative estimate of drug-likeness (QED) is 0.450. The van der Waals surface area contributed by atoms with Gasteiger partial charge in [-0.05, 0) is 97.7 Å². The van der Waals surface area contributed by atoms with E-state index in [1.54, 1.807) is 0 Å². The van der Waals surface area contributed by atoms with E-state index in [0.29, 0.717) is 35.5 Å². The third-order valence-electron chi connectivity index (χ3n) is 11.5. The summed E-state index contributed by atoms with van der Waals surface area (Å²) in [4.78, 5) is 50.3. The molecule has 9 saturated carbocycles. The second-order valence-electron chi connectivity index (χ2n) is 11.6. The maximum atomic E-state index is 12.6. The first-order valence-corrected chi connectivity index (χ1v) is 12.1. The molecule has 0 aromatic carbocycles. The Hall–Kier alpha value is -1.72. The van der Waals surface area contributed by atoms with Gasteiger partial charge in [0.2, 0.25) is 0 Å². The number of hydrogen-bond donors (Lipinski definition) is 0. The zero-order valence-electron chi connectivity index (χ0n) is 16.8. The van der Waals surface area contributed by atoms with Crippen molar-refractivity contribution < 1.29 is 28.7 Å². The van der Waals surface area contributed by atoms with Crippen molar-refractivity contribution in [3.8, 4) is 0 Å². The molecular formula is C24H26O6. The Morgan fingerprint density at radius 2 is 0.633 bits per heavy atom. The summed E-state index contributed by atoms with van der Waals surface area (Å²) in [6.45, 7) is 0. The Bertz CT molecular complexity index is 783. The smallest absolute Gasteiger partial charge is 0.317 e. The number of ether oxygens (including phenoxy) is 2. The van der Waals surface area contributed by atoms with E-state index in [2.05, 4.69) is 0 Å². The number of hydrogen-bond acceptors (Lipinski definition) is 6. The summed E-state index contributed by atoms with van der Waals surface area (Å²) in [6.07, 6.45) is 6.51. The van der Waals surface area contributed by atoms with E-state index in [9.17, 15) is 19.2 Å². The van der Waals surface area contributed by atoms with Gasteiger partial charge in [0, 0.05) is 0 Å². The second kappa shape index (κ2) is 5.18. The van der Waals surface area contributed by atoms with Gasteiger partial charge in [-0.1, -0.05) is 0 Å². The van der Waals surface area contributed by atoms with Crippen molar-refractivity contribution in [2.75, 3.05) is 0 Å². The minimum absolute atomic E-state index is 0.221. The maximum absolute atomic E-state index is 12.6. The van der Waals surface area contributed by atoms with Gasteiger partial charge >= 0.3 is 23.9 Å². The van der Waals surface area contributed by atoms with Crippen LogP contribution in [0.1, 0.15) is 38.5 Å². The van der Waals surface area contributed by atoms with E-state index in [0.717, 1.165) is 25.7 Å². The van der Waals surface area contributed by atoms with Crippen LogP contribution in [-0.4, -0.2) is 23.9 Å². The molecule has 6 bridgehead atoms. The zero-order valence-corrected chi connectivity index (χ0v) is 16.8. The molecule has 11 fully saturated rings. The molecule has 6 nitrogen and oxygen atoms in total. The van der Waals surface area contributed by atoms with E-state index in [4.69, 9.17) is 9.47 Å². The molecule has 0 N–H and O–H groups in total. The normalized spacial score (nSPS) is 61.3. The van der Waals surface area contributed by atoms with Crippen LogP contribution >= 0.6 is 0 Å². The number of cyclic esters (lactones) is 4. The zero-order chi connectivity index (χ0) is 20.0. The van der Waals surface area contributed by atoms with Gasteiger partial charge in [0.05, 0.1) is 23.7 Å². The highest BCUT2D eigenvalue weighted by atomic mass is 16.6. The molecule has 0 aromatic rings. The van der Waals surface area contributed by atoms with Gasteiger partial charge in [0.1, 0.15) is 0 Å². The molecule has 2 heterocycles. The Kier molecular flexibility index (Phi) is 2.92. The van der Waals surface area contributed by atoms with Crippen molar-refractivity contribution in [1.82, 2.24) is 0 Å². The van der Waals surface area contributed by atoms with Crippen LogP contribution in [0.25, 0.3) is 0 Å². The van der Waals surface area contributed by atoms with E-state index < -0.39 is 0 Å². The molecule has 158 valence electrons. The molecule has 2 aliphatic heterocycles. The lowest BCUT2D eigenvalue weighted by Gasteiger charge is -2.71. The summed E-state index contributed by atoms with van der Waals surface area (Å²) in [5.41, 5.74) is 0. The first-order valence-electron chi connectivity index (χ1n) is 12.1. The molecule has 30 heavy (non-hydrogen) atoms. The van der Waals surface area contributed by atoms with Crippen molar-refractivity contribution in [3.63, 3.8) is 0 Å². The molecule has 0 aromatic heterocycles. The lowest BCUT2D eigenvalue weighted by Crippen LogP contribution is -2.68. The van der Waals surface area contributed by atoms with Crippen molar-refractivity contribution in [2.45, 2.75) is 38.5 Å². The highest BCUT2D eigenvalue weighted by molar-refractivity contribution is 5.98. The van der Waals surface area contributed by atoms with E-state index in [1.165, 1.54) is 12.8 Å². The van der Waals surface area contributed by atoms with Gasteiger partial charge in [0.25, 0.3) is 0 Å². The van der Waals surface area contributed by atoms with Crippen LogP contribution in [0.15, 0.2) is 0 Å². The van der Waals surface area contributed by atoms with Gasteiger partial charge in [-0.15, -0.1) is 0 Å². The number of rotatable bonds is 0. The van der Waals surface area contributed by atoms with Crippen LogP contribution in [0.4, 0.5) is 0 Å². The fraction of sp³-hybridized carbons (Fsp3) is 0.833. The molecule has 12 atom stereocenters. The van der Waals surface area contributed by atoms with Crippen LogP contribution in [0.3, 0.4) is 0 Å². The largest absolute Gasteiger partial charge is 0.393 e. The van der Waals surface area contributed by atoms with Crippen molar-refractivity contribution in [2.24, 2.45) is 82.9 Å². The monoisotopic (exact) mass is 410 g/mol. The molecule has 0 amide bonds. The SMILES string of the molecule is O=C1OC(=O)C2C3CCC(C12)C1C2CCC(C31)C1C3CCC(C4C(=O)OC(=O)C34)C21. The number of esters is 4. The Morgan fingerprint density at radius 1 is 0.400 bits per heavy atom. The highest BCUT2D eigenvalue weighted by Crippen LogP contribution is 2.75. The van der Waals surface area contributed by atoms with Crippen LogP contribution < -0.4 is 0 Å². The fourth-order valence-corrected chi connectivity index (χ4v) is 11.3. The Morgan fingerprint density at radius 3 is 0.900 bits per heavy atom. The first-order chi connectivity index (χ1) is 14.6. The van der Waals surface area contributed by atoms with Crippen molar-refractivity contribution in [1.29, 1.82) is 0 Å². The van der Waals surface area contributed by atoms with Gasteiger partial charge in [-0.25, -0.2) is 0 Å². The van der Waals surface area contributed by atoms with Gasteiger partial charge in [0.15, 0.2) is 0 Å². The summed E-state index contributed by atoms with van der Waals surface area (Å²) in [5, 5.41) is 0. The number of carbonyl (C=O) groups is 4. The Labute approximate surface area is 174 Å². The third kappa shape index (κ3) is 1.64. The lowest BCUT2D eigenvalue weighted by atomic mass is 9.32. The van der Waals surface area contributed by atoms with Crippen LogP contribution in [0.2, 0.25) is 0 Å². The highest BCUT2D eigenvalue weighted by Gasteiger charge is 2.74. The third-order valence-corrected chi connectivity index (χ3v) is 11.5. The predicted molar refractivity (Wildman–Crippen MR) is 98.8 cm³/mol. The van der Waals surface area contributed by atoms with Crippen LogP contribution in [0.5, 0.6) is 0 Å². The van der Waals surface area contributed by atoms with Crippen molar-refractivity contribution in [3.05, 3.63) is 0 Å². The van der Waals surface area contributed by atoms with Gasteiger partial charge < -0.3 is 9.47 Å². The molecule has 0 radical (unpaired) electrons. The Balaban J connectivity index is 1.26. The molecule has 2 saturated heterocycles. The van der Waals surface area contributed by atoms with E-state index >= 15 is 0 Å². The first kappa shape index (κ1) is 16.9. The molecule has 0 spiro atoms. The van der Waals surface area contributed by atoms with Crippen molar-refractivity contribution >= 4 is 23.9 Å². The average Bonchev–Trinajstić information content (AvgIpc) is 3.26. The van der Waals surface area contributed by atoms with E-state index in [1.807, 2.05) is 0 Å². The average molecular weight is 410 g/mol. The summed E-state index contributed by atoms with van der Waals surface area (Å²) in [7, 11) is 0. The van der Waals surface area contributed by atoms with Crippen LogP contribution in [-0.2, 0) is 28.7 Å². The topological polar surface area (TPSA) is 86.7 Å². The van der Waals surface area contributed by atoms with Gasteiger partial charge in [-0.3, -0.25) is 19.2 Å². The standard InChI is InChI=1S/C24H26O6/c25-21-17-9-3-5-11(19(17)23(27)29-21)15-8-2-1-7(13(9)15)14-10-4-6-12(16(8)14)20-18(10)22(26)30-24(20)28/h7-20H,1-6H2. The summed E-state index contributed by atoms with van der Waals surface area (Å²) in [5.74, 6) is 2.14. The van der Waals surface area contributed by atoms with E-state index in [-0.39, 0.29) is 71.2 Å². The summed E-state index contributed by atoms with van der Waals surface area (Å²) in [6, 6.07) is 0. The fourth-order valence-electron chi connectivity index (χ4n) is 11.3. The molecule has 9 aliphatic carbocycles. The van der Waals surface area contributed by atoms with Crippen LogP contribution in [0, 0.1) is 82.9 Å². The lowest BCUT2D eigenvalue weighted by molar-refractivity contribution is -0.243. The molecule has 11 rings (SSSR count). The summed E-state index contributed by atoms with van der Waals surface area (Å²) < 4.78 is 10.3.